The summed E-state index contributed by atoms with van der Waals surface area (Å²) in [5, 5.41) is 0. The van der Waals surface area contributed by atoms with Gasteiger partial charge >= 0.3 is 137 Å². The summed E-state index contributed by atoms with van der Waals surface area (Å²) >= 11 is -2.98. The van der Waals surface area contributed by atoms with E-state index in [0.29, 0.717) is 5.92 Å². The van der Waals surface area contributed by atoms with Crippen LogP contribution in [0.3, 0.4) is 0 Å². The second-order valence-electron chi connectivity index (χ2n) is 6.74. The Morgan fingerprint density at radius 1 is 0.905 bits per heavy atom. The molecular weight excluding hydrogens is 391 g/mol. The number of unbranched alkanes of at least 4 members (excludes halogenated alkanes) is 3. The Hall–Kier alpha value is 0.709. The predicted octanol–water partition coefficient (Wildman–Crippen LogP) is 5.09. The SMILES string of the molecule is CCC[CH2][Sn]([CH2]CCC)([CH2]CCC)[O]S(=O)(=O)CC1CC1. The average molecular weight is 425 g/mol. The van der Waals surface area contributed by atoms with Gasteiger partial charge in [0.15, 0.2) is 0 Å². The van der Waals surface area contributed by atoms with Crippen molar-refractivity contribution in [2.75, 3.05) is 5.75 Å². The molecular formula is C16H34O3SSn. The summed E-state index contributed by atoms with van der Waals surface area (Å²) in [7, 11) is -3.27. The van der Waals surface area contributed by atoms with Crippen LogP contribution in [0.4, 0.5) is 0 Å². The second kappa shape index (κ2) is 9.76. The summed E-state index contributed by atoms with van der Waals surface area (Å²) < 4.78 is 34.2. The monoisotopic (exact) mass is 426 g/mol. The van der Waals surface area contributed by atoms with Gasteiger partial charge in [0, 0.05) is 0 Å². The van der Waals surface area contributed by atoms with Crippen molar-refractivity contribution in [1.82, 2.24) is 0 Å². The van der Waals surface area contributed by atoms with Crippen molar-refractivity contribution >= 4 is 28.9 Å². The first-order valence-electron chi connectivity index (χ1n) is 8.90. The number of rotatable bonds is 13. The third-order valence-electron chi connectivity index (χ3n) is 4.40. The van der Waals surface area contributed by atoms with Gasteiger partial charge in [-0.15, -0.1) is 0 Å². The molecule has 126 valence electrons. The van der Waals surface area contributed by atoms with Gasteiger partial charge in [-0.25, -0.2) is 0 Å². The van der Waals surface area contributed by atoms with Crippen molar-refractivity contribution in [2.24, 2.45) is 5.92 Å². The average Bonchev–Trinajstić information content (AvgIpc) is 3.23. The molecule has 0 saturated heterocycles. The maximum atomic E-state index is 12.4. The van der Waals surface area contributed by atoms with E-state index in [4.69, 9.17) is 2.52 Å². The zero-order chi connectivity index (χ0) is 15.8. The molecule has 0 spiro atoms. The molecule has 1 rings (SSSR count). The predicted molar refractivity (Wildman–Crippen MR) is 92.5 cm³/mol. The van der Waals surface area contributed by atoms with Gasteiger partial charge in [0.2, 0.25) is 0 Å². The summed E-state index contributed by atoms with van der Waals surface area (Å²) in [5.41, 5.74) is 0. The van der Waals surface area contributed by atoms with E-state index < -0.39 is 28.9 Å². The second-order valence-corrected chi connectivity index (χ2v) is 20.8. The Bertz CT molecular complexity index is 355. The Kier molecular flexibility index (Phi) is 9.18. The summed E-state index contributed by atoms with van der Waals surface area (Å²) in [6.07, 6.45) is 9.00. The fourth-order valence-corrected chi connectivity index (χ4v) is 22.7. The van der Waals surface area contributed by atoms with Crippen LogP contribution in [0.2, 0.25) is 13.3 Å². The quantitative estimate of drug-likeness (QED) is 0.386. The molecule has 3 nitrogen and oxygen atoms in total. The van der Waals surface area contributed by atoms with Gasteiger partial charge in [-0.2, -0.15) is 0 Å². The maximum absolute atomic E-state index is 12.4. The molecule has 0 heterocycles. The van der Waals surface area contributed by atoms with E-state index in [0.717, 1.165) is 64.7 Å². The Labute approximate surface area is 136 Å². The van der Waals surface area contributed by atoms with Crippen LogP contribution >= 0.6 is 0 Å². The van der Waals surface area contributed by atoms with Crippen molar-refractivity contribution in [3.05, 3.63) is 0 Å². The molecule has 0 N–H and O–H groups in total. The van der Waals surface area contributed by atoms with Crippen molar-refractivity contribution in [3.8, 4) is 0 Å². The van der Waals surface area contributed by atoms with Crippen LogP contribution in [0.5, 0.6) is 0 Å². The molecule has 5 heteroatoms. The third kappa shape index (κ3) is 8.21. The van der Waals surface area contributed by atoms with E-state index in [9.17, 15) is 8.42 Å². The first kappa shape index (κ1) is 19.8. The summed E-state index contributed by atoms with van der Waals surface area (Å²) in [6, 6.07) is 0. The number of hydrogen-bond donors (Lipinski definition) is 0. The van der Waals surface area contributed by atoms with Crippen molar-refractivity contribution < 1.29 is 10.9 Å². The van der Waals surface area contributed by atoms with E-state index in [1.54, 1.807) is 0 Å². The van der Waals surface area contributed by atoms with Crippen molar-refractivity contribution in [3.63, 3.8) is 0 Å². The van der Waals surface area contributed by atoms with Crippen LogP contribution in [0.1, 0.15) is 72.1 Å². The van der Waals surface area contributed by atoms with Gasteiger partial charge in [0.05, 0.1) is 0 Å². The zero-order valence-corrected chi connectivity index (χ0v) is 17.9. The molecule has 0 aliphatic heterocycles. The van der Waals surface area contributed by atoms with Crippen LogP contribution in [-0.4, -0.2) is 33.0 Å². The van der Waals surface area contributed by atoms with E-state index >= 15 is 0 Å². The Morgan fingerprint density at radius 3 is 1.67 bits per heavy atom. The molecule has 0 aromatic carbocycles. The van der Waals surface area contributed by atoms with Gasteiger partial charge in [-0.05, 0) is 0 Å². The van der Waals surface area contributed by atoms with E-state index in [2.05, 4.69) is 20.8 Å². The molecule has 0 bridgehead atoms. The minimum atomic E-state index is -3.27. The van der Waals surface area contributed by atoms with Gasteiger partial charge in [0.25, 0.3) is 0 Å². The Balaban J connectivity index is 2.77. The molecule has 1 saturated carbocycles. The van der Waals surface area contributed by atoms with Crippen LogP contribution in [-0.2, 0) is 12.6 Å². The van der Waals surface area contributed by atoms with E-state index in [1.807, 2.05) is 0 Å². The molecule has 1 fully saturated rings. The molecule has 0 amide bonds. The molecule has 1 aliphatic carbocycles. The first-order chi connectivity index (χ1) is 9.97. The third-order valence-corrected chi connectivity index (χ3v) is 21.9. The van der Waals surface area contributed by atoms with Crippen molar-refractivity contribution in [2.45, 2.75) is 85.4 Å². The molecule has 0 radical (unpaired) electrons. The van der Waals surface area contributed by atoms with Gasteiger partial charge in [-0.3, -0.25) is 0 Å². The van der Waals surface area contributed by atoms with Gasteiger partial charge in [-0.1, -0.05) is 0 Å². The van der Waals surface area contributed by atoms with Crippen LogP contribution < -0.4 is 0 Å². The first-order valence-corrected chi connectivity index (χ1v) is 17.7. The fraction of sp³-hybridized carbons (Fsp3) is 1.00. The van der Waals surface area contributed by atoms with Crippen LogP contribution in [0.25, 0.3) is 0 Å². The topological polar surface area (TPSA) is 43.4 Å². The summed E-state index contributed by atoms with van der Waals surface area (Å²) in [5.74, 6) is 0.679. The molecule has 1 aliphatic rings. The van der Waals surface area contributed by atoms with Crippen LogP contribution in [0, 0.1) is 5.92 Å². The molecule has 0 unspecified atom stereocenters. The molecule has 0 atom stereocenters. The van der Waals surface area contributed by atoms with E-state index in [1.165, 1.54) is 0 Å². The molecule has 0 aromatic heterocycles. The van der Waals surface area contributed by atoms with Gasteiger partial charge < -0.3 is 0 Å². The van der Waals surface area contributed by atoms with Crippen molar-refractivity contribution in [1.29, 1.82) is 0 Å². The van der Waals surface area contributed by atoms with E-state index in [-0.39, 0.29) is 5.75 Å². The molecule has 21 heavy (non-hydrogen) atoms. The van der Waals surface area contributed by atoms with Gasteiger partial charge in [0.1, 0.15) is 0 Å². The summed E-state index contributed by atoms with van der Waals surface area (Å²) in [4.78, 5) is 0. The fourth-order valence-electron chi connectivity index (χ4n) is 2.87. The summed E-state index contributed by atoms with van der Waals surface area (Å²) in [6.45, 7) is 6.57. The zero-order valence-electron chi connectivity index (χ0n) is 14.2. The minimum absolute atomic E-state index is 0.288. The standard InChI is InChI=1S/C4H8O3S.3C4H9.Sn/c5-8(6,7)3-4-1-2-4;3*1-3-4-2;/h4H,1-3H2,(H,5,6,7);3*1,3-4H2,2H3;/q;;;;+1/p-1. The Morgan fingerprint density at radius 2 is 1.33 bits per heavy atom. The molecule has 0 aromatic rings. The van der Waals surface area contributed by atoms with Crippen LogP contribution in [0.15, 0.2) is 0 Å². The normalized spacial score (nSPS) is 16.3. The number of hydrogen-bond acceptors (Lipinski definition) is 3.